The van der Waals surface area contributed by atoms with Gasteiger partial charge in [0.05, 0.1) is 5.69 Å². The Morgan fingerprint density at radius 2 is 1.36 bits per heavy atom. The molecule has 0 saturated heterocycles. The van der Waals surface area contributed by atoms with Crippen molar-refractivity contribution in [2.24, 2.45) is 0 Å². The SMILES string of the molecule is Br.N#Cc1c(N)nc(-c2ccccc2)nc1-c1ccccc1. The second-order valence-corrected chi connectivity index (χ2v) is 4.50. The van der Waals surface area contributed by atoms with Crippen molar-refractivity contribution in [3.05, 3.63) is 66.2 Å². The number of rotatable bonds is 2. The molecule has 5 heteroatoms. The van der Waals surface area contributed by atoms with Crippen molar-refractivity contribution in [3.8, 4) is 28.7 Å². The van der Waals surface area contributed by atoms with E-state index in [9.17, 15) is 5.26 Å². The molecule has 1 heterocycles. The summed E-state index contributed by atoms with van der Waals surface area (Å²) in [4.78, 5) is 8.78. The van der Waals surface area contributed by atoms with Crippen LogP contribution in [0, 0.1) is 11.3 Å². The highest BCUT2D eigenvalue weighted by Gasteiger charge is 2.14. The number of nitriles is 1. The van der Waals surface area contributed by atoms with E-state index in [0.717, 1.165) is 11.1 Å². The highest BCUT2D eigenvalue weighted by molar-refractivity contribution is 8.93. The number of anilines is 1. The van der Waals surface area contributed by atoms with Crippen molar-refractivity contribution >= 4 is 22.8 Å². The van der Waals surface area contributed by atoms with Gasteiger partial charge in [0.1, 0.15) is 17.5 Å². The Bertz CT molecular complexity index is 811. The molecule has 0 bridgehead atoms. The molecule has 0 aliphatic carbocycles. The summed E-state index contributed by atoms with van der Waals surface area (Å²) in [5, 5.41) is 9.31. The maximum absolute atomic E-state index is 9.31. The number of nitrogens with zero attached hydrogens (tertiary/aromatic N) is 3. The van der Waals surface area contributed by atoms with E-state index < -0.39 is 0 Å². The lowest BCUT2D eigenvalue weighted by Gasteiger charge is -2.08. The topological polar surface area (TPSA) is 75.6 Å². The number of nitrogens with two attached hydrogens (primary N) is 1. The van der Waals surface area contributed by atoms with Crippen molar-refractivity contribution in [3.63, 3.8) is 0 Å². The summed E-state index contributed by atoms with van der Waals surface area (Å²) in [5.74, 6) is 0.719. The fourth-order valence-corrected chi connectivity index (χ4v) is 2.11. The Balaban J connectivity index is 0.00000176. The molecular formula is C17H13BrN4. The van der Waals surface area contributed by atoms with Crippen molar-refractivity contribution < 1.29 is 0 Å². The zero-order valence-electron chi connectivity index (χ0n) is 11.6. The van der Waals surface area contributed by atoms with Crippen LogP contribution in [0.2, 0.25) is 0 Å². The third-order valence-electron chi connectivity index (χ3n) is 3.13. The molecule has 0 fully saturated rings. The van der Waals surface area contributed by atoms with E-state index >= 15 is 0 Å². The van der Waals surface area contributed by atoms with Crippen LogP contribution in [-0.2, 0) is 0 Å². The molecule has 0 unspecified atom stereocenters. The number of halogens is 1. The van der Waals surface area contributed by atoms with Gasteiger partial charge in [0.25, 0.3) is 0 Å². The van der Waals surface area contributed by atoms with Crippen LogP contribution in [0.15, 0.2) is 60.7 Å². The third-order valence-corrected chi connectivity index (χ3v) is 3.13. The molecule has 0 radical (unpaired) electrons. The lowest BCUT2D eigenvalue weighted by molar-refractivity contribution is 1.17. The number of benzene rings is 2. The Morgan fingerprint density at radius 3 is 1.91 bits per heavy atom. The Hall–Kier alpha value is -2.71. The zero-order valence-corrected chi connectivity index (χ0v) is 13.3. The Labute approximate surface area is 139 Å². The monoisotopic (exact) mass is 352 g/mol. The van der Waals surface area contributed by atoms with E-state index in [2.05, 4.69) is 16.0 Å². The molecule has 0 atom stereocenters. The minimum Gasteiger partial charge on any atom is -0.382 e. The van der Waals surface area contributed by atoms with E-state index in [4.69, 9.17) is 5.73 Å². The van der Waals surface area contributed by atoms with Crippen LogP contribution < -0.4 is 5.73 Å². The van der Waals surface area contributed by atoms with Gasteiger partial charge in [0, 0.05) is 11.1 Å². The van der Waals surface area contributed by atoms with E-state index in [0.29, 0.717) is 17.1 Å². The number of aromatic nitrogens is 2. The first kappa shape index (κ1) is 15.7. The molecule has 3 rings (SSSR count). The predicted molar refractivity (Wildman–Crippen MR) is 92.4 cm³/mol. The average molecular weight is 353 g/mol. The summed E-state index contributed by atoms with van der Waals surface area (Å²) in [5.41, 5.74) is 8.51. The van der Waals surface area contributed by atoms with Gasteiger partial charge in [-0.25, -0.2) is 9.97 Å². The molecule has 0 aliphatic heterocycles. The molecular weight excluding hydrogens is 340 g/mol. The third kappa shape index (κ3) is 2.97. The number of hydrogen-bond donors (Lipinski definition) is 1. The van der Waals surface area contributed by atoms with Gasteiger partial charge >= 0.3 is 0 Å². The molecule has 4 nitrogen and oxygen atoms in total. The second-order valence-electron chi connectivity index (χ2n) is 4.50. The Morgan fingerprint density at radius 1 is 0.818 bits per heavy atom. The molecule has 2 aromatic carbocycles. The van der Waals surface area contributed by atoms with Crippen LogP contribution in [0.25, 0.3) is 22.6 Å². The van der Waals surface area contributed by atoms with E-state index in [1.807, 2.05) is 60.7 Å². The number of nitrogen functional groups attached to an aromatic ring is 1. The van der Waals surface area contributed by atoms with Crippen molar-refractivity contribution in [2.45, 2.75) is 0 Å². The van der Waals surface area contributed by atoms with E-state index in [1.54, 1.807) is 0 Å². The molecule has 2 N–H and O–H groups in total. The van der Waals surface area contributed by atoms with Gasteiger partial charge in [-0.05, 0) is 0 Å². The lowest BCUT2D eigenvalue weighted by Crippen LogP contribution is -2.03. The van der Waals surface area contributed by atoms with Gasteiger partial charge in [-0.3, -0.25) is 0 Å². The average Bonchev–Trinajstić information content (AvgIpc) is 2.55. The largest absolute Gasteiger partial charge is 0.382 e. The van der Waals surface area contributed by atoms with Gasteiger partial charge in [0.2, 0.25) is 0 Å². The molecule has 0 amide bonds. The number of hydrogen-bond acceptors (Lipinski definition) is 4. The fourth-order valence-electron chi connectivity index (χ4n) is 2.11. The van der Waals surface area contributed by atoms with Gasteiger partial charge in [-0.2, -0.15) is 5.26 Å². The molecule has 3 aromatic rings. The maximum Gasteiger partial charge on any atom is 0.162 e. The van der Waals surface area contributed by atoms with Crippen molar-refractivity contribution in [2.75, 3.05) is 5.73 Å². The van der Waals surface area contributed by atoms with Gasteiger partial charge in [-0.1, -0.05) is 60.7 Å². The summed E-state index contributed by atoms with van der Waals surface area (Å²) in [6.07, 6.45) is 0. The standard InChI is InChI=1S/C17H12N4.BrH/c18-11-14-15(12-7-3-1-4-8-12)20-17(21-16(14)19)13-9-5-2-6-10-13;/h1-10H,(H2,19,20,21);1H. The molecule has 108 valence electrons. The first-order valence-electron chi connectivity index (χ1n) is 6.48. The van der Waals surface area contributed by atoms with Crippen molar-refractivity contribution in [1.29, 1.82) is 5.26 Å². The summed E-state index contributed by atoms with van der Waals surface area (Å²) < 4.78 is 0. The highest BCUT2D eigenvalue weighted by atomic mass is 79.9. The maximum atomic E-state index is 9.31. The van der Waals surface area contributed by atoms with Crippen molar-refractivity contribution in [1.82, 2.24) is 9.97 Å². The first-order chi connectivity index (χ1) is 10.3. The normalized spacial score (nSPS) is 9.59. The molecule has 0 aliphatic rings. The van der Waals surface area contributed by atoms with Gasteiger partial charge in [0.15, 0.2) is 5.82 Å². The van der Waals surface area contributed by atoms with Crippen LogP contribution in [0.5, 0.6) is 0 Å². The smallest absolute Gasteiger partial charge is 0.162 e. The fraction of sp³-hybridized carbons (Fsp3) is 0. The second kappa shape index (κ2) is 6.83. The van der Waals surface area contributed by atoms with Crippen LogP contribution in [-0.4, -0.2) is 9.97 Å². The van der Waals surface area contributed by atoms with Crippen LogP contribution in [0.4, 0.5) is 5.82 Å². The summed E-state index contributed by atoms with van der Waals surface area (Å²) in [6.45, 7) is 0. The predicted octanol–water partition coefficient (Wildman–Crippen LogP) is 3.84. The molecule has 0 spiro atoms. The minimum atomic E-state index is 0. The van der Waals surface area contributed by atoms with Gasteiger partial charge in [-0.15, -0.1) is 17.0 Å². The summed E-state index contributed by atoms with van der Waals surface area (Å²) >= 11 is 0. The van der Waals surface area contributed by atoms with Crippen LogP contribution >= 0.6 is 17.0 Å². The van der Waals surface area contributed by atoms with Crippen LogP contribution in [0.1, 0.15) is 5.56 Å². The van der Waals surface area contributed by atoms with Crippen LogP contribution in [0.3, 0.4) is 0 Å². The molecule has 22 heavy (non-hydrogen) atoms. The summed E-state index contributed by atoms with van der Waals surface area (Å²) in [6, 6.07) is 21.2. The zero-order chi connectivity index (χ0) is 14.7. The first-order valence-corrected chi connectivity index (χ1v) is 6.48. The quantitative estimate of drug-likeness (QED) is 0.759. The molecule has 1 aromatic heterocycles. The summed E-state index contributed by atoms with van der Waals surface area (Å²) in [7, 11) is 0. The van der Waals surface area contributed by atoms with E-state index in [1.165, 1.54) is 0 Å². The molecule has 0 saturated carbocycles. The van der Waals surface area contributed by atoms with E-state index in [-0.39, 0.29) is 22.8 Å². The minimum absolute atomic E-state index is 0. The lowest BCUT2D eigenvalue weighted by atomic mass is 10.1. The highest BCUT2D eigenvalue weighted by Crippen LogP contribution is 2.27. The van der Waals surface area contributed by atoms with Gasteiger partial charge < -0.3 is 5.73 Å². The Kier molecular flexibility index (Phi) is 4.87.